The van der Waals surface area contributed by atoms with Crippen LogP contribution in [0.1, 0.15) is 19.3 Å². The maximum absolute atomic E-state index is 10.7. The van der Waals surface area contributed by atoms with Crippen molar-refractivity contribution < 1.29 is 24.6 Å². The third-order valence-electron chi connectivity index (χ3n) is 1.99. The highest BCUT2D eigenvalue weighted by Crippen LogP contribution is 2.00. The second-order valence-corrected chi connectivity index (χ2v) is 3.28. The van der Waals surface area contributed by atoms with Gasteiger partial charge >= 0.3 is 11.9 Å². The van der Waals surface area contributed by atoms with E-state index in [2.05, 4.69) is 5.32 Å². The van der Waals surface area contributed by atoms with Gasteiger partial charge in [-0.3, -0.25) is 14.9 Å². The largest absolute Gasteiger partial charge is 0.480 e. The fourth-order valence-corrected chi connectivity index (χ4v) is 1.10. The minimum absolute atomic E-state index is 0.319. The van der Waals surface area contributed by atoms with E-state index >= 15 is 0 Å². The van der Waals surface area contributed by atoms with Gasteiger partial charge in [0.05, 0.1) is 6.54 Å². The van der Waals surface area contributed by atoms with Crippen molar-refractivity contribution in [1.82, 2.24) is 5.32 Å². The minimum Gasteiger partial charge on any atom is -0.480 e. The second-order valence-electron chi connectivity index (χ2n) is 3.28. The smallest absolute Gasteiger partial charge is 0.373 e. The van der Waals surface area contributed by atoms with Crippen LogP contribution in [0.2, 0.25) is 0 Å². The Balaban J connectivity index is 3.99. The molecule has 16 heavy (non-hydrogen) atoms. The number of rotatable bonds is 9. The Morgan fingerprint density at radius 3 is 2.25 bits per heavy atom. The summed E-state index contributed by atoms with van der Waals surface area (Å²) in [7, 11) is 0. The summed E-state index contributed by atoms with van der Waals surface area (Å²) in [4.78, 5) is 31.6. The summed E-state index contributed by atoms with van der Waals surface area (Å²) >= 11 is 0. The molecule has 0 saturated carbocycles. The van der Waals surface area contributed by atoms with Crippen molar-refractivity contribution in [2.45, 2.75) is 25.3 Å². The van der Waals surface area contributed by atoms with Gasteiger partial charge in [0.25, 0.3) is 5.78 Å². The van der Waals surface area contributed by atoms with Crippen LogP contribution in [0.25, 0.3) is 0 Å². The monoisotopic (exact) mass is 232 g/mol. The van der Waals surface area contributed by atoms with Gasteiger partial charge in [0.2, 0.25) is 0 Å². The molecule has 92 valence electrons. The molecule has 0 aliphatic carbocycles. The van der Waals surface area contributed by atoms with Crippen molar-refractivity contribution in [2.24, 2.45) is 5.73 Å². The number of hydrogen-bond donors (Lipinski definition) is 4. The molecule has 1 atom stereocenters. The zero-order valence-electron chi connectivity index (χ0n) is 8.81. The molecule has 7 nitrogen and oxygen atoms in total. The summed E-state index contributed by atoms with van der Waals surface area (Å²) in [6.45, 7) is -0.00464. The fraction of sp³-hybridized carbons (Fsp3) is 0.667. The molecule has 0 aromatic rings. The number of carbonyl (C=O) groups is 3. The van der Waals surface area contributed by atoms with Gasteiger partial charge < -0.3 is 15.9 Å². The first kappa shape index (κ1) is 14.5. The summed E-state index contributed by atoms with van der Waals surface area (Å²) in [6, 6.07) is -0.908. The van der Waals surface area contributed by atoms with Crippen LogP contribution in [0.15, 0.2) is 0 Å². The van der Waals surface area contributed by atoms with Crippen molar-refractivity contribution in [2.75, 3.05) is 13.1 Å². The molecule has 0 radical (unpaired) electrons. The normalized spacial score (nSPS) is 12.1. The van der Waals surface area contributed by atoms with E-state index in [-0.39, 0.29) is 0 Å². The standard InChI is InChI=1S/C9H16N2O5/c10-4-2-1-3-6(8(13)14)11-5-7(12)9(15)16/h6,11H,1-5,10H2,(H,13,14)(H,15,16)/t6-/m0/s1. The number of hydrogen-bond acceptors (Lipinski definition) is 5. The molecule has 0 fully saturated rings. The number of aliphatic carboxylic acids is 2. The highest BCUT2D eigenvalue weighted by atomic mass is 16.4. The van der Waals surface area contributed by atoms with Gasteiger partial charge in [0, 0.05) is 0 Å². The molecule has 0 aromatic carbocycles. The Morgan fingerprint density at radius 1 is 1.19 bits per heavy atom. The van der Waals surface area contributed by atoms with Crippen molar-refractivity contribution in [3.05, 3.63) is 0 Å². The van der Waals surface area contributed by atoms with Crippen molar-refractivity contribution in [3.63, 3.8) is 0 Å². The SMILES string of the molecule is NCCCC[C@H](NCC(=O)C(=O)O)C(=O)O. The lowest BCUT2D eigenvalue weighted by Crippen LogP contribution is -2.41. The van der Waals surface area contributed by atoms with Gasteiger partial charge in [-0.25, -0.2) is 4.79 Å². The zero-order chi connectivity index (χ0) is 12.6. The number of carbonyl (C=O) groups excluding carboxylic acids is 1. The lowest BCUT2D eigenvalue weighted by atomic mass is 10.1. The van der Waals surface area contributed by atoms with Gasteiger partial charge in [0.15, 0.2) is 0 Å². The number of carboxylic acid groups (broad SMARTS) is 2. The quantitative estimate of drug-likeness (QED) is 0.290. The number of unbranched alkanes of at least 4 members (excludes halogenated alkanes) is 1. The third kappa shape index (κ3) is 6.10. The highest BCUT2D eigenvalue weighted by Gasteiger charge is 2.19. The van der Waals surface area contributed by atoms with Crippen LogP contribution in [0.5, 0.6) is 0 Å². The average Bonchev–Trinajstić information content (AvgIpc) is 2.21. The van der Waals surface area contributed by atoms with Crippen molar-refractivity contribution >= 4 is 17.7 Å². The van der Waals surface area contributed by atoms with Crippen LogP contribution in [-0.2, 0) is 14.4 Å². The maximum atomic E-state index is 10.7. The molecule has 7 heteroatoms. The average molecular weight is 232 g/mol. The number of nitrogens with one attached hydrogen (secondary N) is 1. The van der Waals surface area contributed by atoms with Gasteiger partial charge in [-0.1, -0.05) is 6.42 Å². The molecule has 0 aliphatic heterocycles. The summed E-state index contributed by atoms with van der Waals surface area (Å²) in [6.07, 6.45) is 1.62. The van der Waals surface area contributed by atoms with E-state index in [0.29, 0.717) is 25.8 Å². The first-order chi connectivity index (χ1) is 7.49. The summed E-state index contributed by atoms with van der Waals surface area (Å²) in [5.41, 5.74) is 5.25. The maximum Gasteiger partial charge on any atom is 0.373 e. The van der Waals surface area contributed by atoms with Crippen LogP contribution in [0.3, 0.4) is 0 Å². The van der Waals surface area contributed by atoms with Crippen LogP contribution >= 0.6 is 0 Å². The second kappa shape index (κ2) is 7.77. The first-order valence-corrected chi connectivity index (χ1v) is 4.91. The van der Waals surface area contributed by atoms with E-state index < -0.39 is 30.3 Å². The van der Waals surface area contributed by atoms with Crippen molar-refractivity contribution in [3.8, 4) is 0 Å². The predicted molar refractivity (Wildman–Crippen MR) is 55.0 cm³/mol. The number of Topliss-reactive ketones (excluding diaryl/α,β-unsaturated/α-hetero) is 1. The molecule has 5 N–H and O–H groups in total. The Labute approximate surface area is 92.6 Å². The molecule has 0 bridgehead atoms. The van der Waals surface area contributed by atoms with E-state index in [0.717, 1.165) is 0 Å². The number of carboxylic acids is 2. The third-order valence-corrected chi connectivity index (χ3v) is 1.99. The number of ketones is 1. The molecule has 0 spiro atoms. The van der Waals surface area contributed by atoms with E-state index in [1.54, 1.807) is 0 Å². The molecular formula is C9H16N2O5. The van der Waals surface area contributed by atoms with E-state index in [9.17, 15) is 14.4 Å². The molecule has 0 saturated heterocycles. The van der Waals surface area contributed by atoms with Crippen LogP contribution < -0.4 is 11.1 Å². The summed E-state index contributed by atoms with van der Waals surface area (Å²) < 4.78 is 0. The molecule has 0 heterocycles. The lowest BCUT2D eigenvalue weighted by molar-refractivity contribution is -0.149. The van der Waals surface area contributed by atoms with E-state index in [4.69, 9.17) is 15.9 Å². The summed E-state index contributed by atoms with van der Waals surface area (Å²) in [5.74, 6) is -3.72. The lowest BCUT2D eigenvalue weighted by Gasteiger charge is -2.12. The molecule has 0 aromatic heterocycles. The van der Waals surface area contributed by atoms with Gasteiger partial charge in [-0.2, -0.15) is 0 Å². The molecule has 0 amide bonds. The van der Waals surface area contributed by atoms with E-state index in [1.165, 1.54) is 0 Å². The topological polar surface area (TPSA) is 130 Å². The molecule has 0 rings (SSSR count). The molecular weight excluding hydrogens is 216 g/mol. The van der Waals surface area contributed by atoms with Gasteiger partial charge in [0.1, 0.15) is 6.04 Å². The Morgan fingerprint density at radius 2 is 1.81 bits per heavy atom. The Kier molecular flexibility index (Phi) is 7.06. The highest BCUT2D eigenvalue weighted by molar-refractivity contribution is 6.33. The molecule has 0 aliphatic rings. The van der Waals surface area contributed by atoms with E-state index in [1.807, 2.05) is 0 Å². The Bertz CT molecular complexity index is 267. The van der Waals surface area contributed by atoms with Gasteiger partial charge in [-0.05, 0) is 19.4 Å². The number of nitrogens with two attached hydrogens (primary N) is 1. The van der Waals surface area contributed by atoms with Crippen LogP contribution in [0.4, 0.5) is 0 Å². The first-order valence-electron chi connectivity index (χ1n) is 4.91. The van der Waals surface area contributed by atoms with Crippen LogP contribution in [0, 0.1) is 0 Å². The van der Waals surface area contributed by atoms with Crippen molar-refractivity contribution in [1.29, 1.82) is 0 Å². The fourth-order valence-electron chi connectivity index (χ4n) is 1.10. The summed E-state index contributed by atoms with van der Waals surface area (Å²) in [5, 5.41) is 19.5. The predicted octanol–water partition coefficient (Wildman–Crippen LogP) is -1.19. The van der Waals surface area contributed by atoms with Crippen LogP contribution in [-0.4, -0.2) is 47.1 Å². The Hall–Kier alpha value is -1.47. The van der Waals surface area contributed by atoms with Gasteiger partial charge in [-0.15, -0.1) is 0 Å². The zero-order valence-corrected chi connectivity index (χ0v) is 8.81. The molecule has 0 unspecified atom stereocenters. The minimum atomic E-state index is -1.57.